The van der Waals surface area contributed by atoms with Crippen molar-refractivity contribution >= 4 is 0 Å². The molecule has 1 aromatic carbocycles. The van der Waals surface area contributed by atoms with E-state index < -0.39 is 0 Å². The molecule has 0 bridgehead atoms. The van der Waals surface area contributed by atoms with Gasteiger partial charge in [-0.3, -0.25) is 5.10 Å². The van der Waals surface area contributed by atoms with Gasteiger partial charge in [0.25, 0.3) is 0 Å². The van der Waals surface area contributed by atoms with Crippen molar-refractivity contribution in [3.8, 4) is 0 Å². The highest BCUT2D eigenvalue weighted by Gasteiger charge is 2.20. The zero-order valence-corrected chi connectivity index (χ0v) is 11.8. The van der Waals surface area contributed by atoms with Crippen LogP contribution in [0.4, 0.5) is 0 Å². The van der Waals surface area contributed by atoms with E-state index in [1.54, 1.807) is 0 Å². The first-order valence-electron chi connectivity index (χ1n) is 7.54. The highest BCUT2D eigenvalue weighted by Crippen LogP contribution is 2.30. The molecule has 0 spiro atoms. The van der Waals surface area contributed by atoms with Crippen LogP contribution in [-0.2, 0) is 6.42 Å². The van der Waals surface area contributed by atoms with Crippen LogP contribution in [0.1, 0.15) is 61.3 Å². The average Bonchev–Trinajstić information content (AvgIpc) is 2.99. The Hall–Kier alpha value is -1.68. The Balaban J connectivity index is 1.66. The minimum absolute atomic E-state index is 0.133. The molecular weight excluding hydrogens is 248 g/mol. The van der Waals surface area contributed by atoms with Gasteiger partial charge >= 0.3 is 0 Å². The Morgan fingerprint density at radius 3 is 2.65 bits per heavy atom. The third kappa shape index (κ3) is 3.07. The molecule has 1 atom stereocenters. The Labute approximate surface area is 119 Å². The number of benzene rings is 1. The van der Waals surface area contributed by atoms with Crippen LogP contribution in [-0.4, -0.2) is 15.2 Å². The van der Waals surface area contributed by atoms with Crippen molar-refractivity contribution in [2.75, 3.05) is 0 Å². The van der Waals surface area contributed by atoms with Gasteiger partial charge in [0.15, 0.2) is 5.82 Å². The molecule has 0 amide bonds. The Bertz CT molecular complexity index is 528. The molecule has 0 aliphatic heterocycles. The lowest BCUT2D eigenvalue weighted by molar-refractivity contribution is 0.429. The fourth-order valence-electron chi connectivity index (χ4n) is 2.97. The first-order chi connectivity index (χ1) is 9.83. The van der Waals surface area contributed by atoms with E-state index in [-0.39, 0.29) is 6.04 Å². The van der Waals surface area contributed by atoms with Crippen molar-refractivity contribution in [3.05, 3.63) is 47.5 Å². The second kappa shape index (κ2) is 6.18. The monoisotopic (exact) mass is 270 g/mol. The van der Waals surface area contributed by atoms with Crippen LogP contribution in [0.2, 0.25) is 0 Å². The summed E-state index contributed by atoms with van der Waals surface area (Å²) >= 11 is 0. The Morgan fingerprint density at radius 1 is 1.15 bits per heavy atom. The summed E-state index contributed by atoms with van der Waals surface area (Å²) in [4.78, 5) is 4.64. The first-order valence-corrected chi connectivity index (χ1v) is 7.54. The van der Waals surface area contributed by atoms with Gasteiger partial charge in [-0.1, -0.05) is 49.6 Å². The molecule has 2 aromatic rings. The van der Waals surface area contributed by atoms with Gasteiger partial charge in [0.1, 0.15) is 5.82 Å². The second-order valence-corrected chi connectivity index (χ2v) is 5.71. The van der Waals surface area contributed by atoms with Gasteiger partial charge in [-0.25, -0.2) is 4.98 Å². The first kappa shape index (κ1) is 13.3. The summed E-state index contributed by atoms with van der Waals surface area (Å²) in [5.74, 6) is 2.33. The van der Waals surface area contributed by atoms with Crippen molar-refractivity contribution < 1.29 is 0 Å². The fourth-order valence-corrected chi connectivity index (χ4v) is 2.97. The number of aromatic nitrogens is 3. The number of nitrogens with one attached hydrogen (secondary N) is 1. The molecule has 20 heavy (non-hydrogen) atoms. The Kier molecular flexibility index (Phi) is 4.11. The van der Waals surface area contributed by atoms with Crippen LogP contribution < -0.4 is 5.73 Å². The molecule has 1 aromatic heterocycles. The molecule has 1 heterocycles. The molecule has 1 saturated carbocycles. The summed E-state index contributed by atoms with van der Waals surface area (Å²) in [5, 5.41) is 7.43. The summed E-state index contributed by atoms with van der Waals surface area (Å²) in [6, 6.07) is 10.1. The van der Waals surface area contributed by atoms with E-state index in [0.29, 0.717) is 5.92 Å². The van der Waals surface area contributed by atoms with Crippen molar-refractivity contribution in [2.45, 2.75) is 50.5 Å². The number of aromatic amines is 1. The third-order valence-corrected chi connectivity index (χ3v) is 4.14. The number of H-pyrrole nitrogens is 1. The van der Waals surface area contributed by atoms with Gasteiger partial charge in [-0.2, -0.15) is 5.10 Å². The van der Waals surface area contributed by atoms with E-state index in [1.165, 1.54) is 37.7 Å². The fraction of sp³-hybridized carbons (Fsp3) is 0.500. The number of hydrogen-bond acceptors (Lipinski definition) is 3. The minimum Gasteiger partial charge on any atom is -0.321 e. The van der Waals surface area contributed by atoms with Crippen molar-refractivity contribution in [1.29, 1.82) is 0 Å². The molecule has 0 unspecified atom stereocenters. The minimum atomic E-state index is -0.133. The average molecular weight is 270 g/mol. The number of nitrogens with two attached hydrogens (primary N) is 1. The van der Waals surface area contributed by atoms with Crippen molar-refractivity contribution in [1.82, 2.24) is 15.2 Å². The van der Waals surface area contributed by atoms with E-state index in [4.69, 9.17) is 5.73 Å². The highest BCUT2D eigenvalue weighted by atomic mass is 15.2. The van der Waals surface area contributed by atoms with Gasteiger partial charge < -0.3 is 5.73 Å². The molecule has 0 saturated heterocycles. The summed E-state index contributed by atoms with van der Waals surface area (Å²) < 4.78 is 0. The van der Waals surface area contributed by atoms with Gasteiger partial charge in [0.05, 0.1) is 6.04 Å². The molecule has 1 aliphatic carbocycles. The topological polar surface area (TPSA) is 67.6 Å². The standard InChI is InChI=1S/C16H22N4/c17-14(11-12-7-3-1-4-8-12)16-18-15(19-20-16)13-9-5-2-6-10-13/h1,3-4,7-8,13-14H,2,5-6,9-11,17H2,(H,18,19,20)/t14-/m0/s1. The summed E-state index contributed by atoms with van der Waals surface area (Å²) in [6.07, 6.45) is 7.19. The van der Waals surface area contributed by atoms with Gasteiger partial charge in [0.2, 0.25) is 0 Å². The molecule has 1 fully saturated rings. The SMILES string of the molecule is N[C@@H](Cc1ccccc1)c1n[nH]c(C2CCCCC2)n1. The van der Waals surface area contributed by atoms with Crippen LogP contribution in [0.25, 0.3) is 0 Å². The van der Waals surface area contributed by atoms with Crippen LogP contribution in [0, 0.1) is 0 Å². The zero-order valence-electron chi connectivity index (χ0n) is 11.8. The van der Waals surface area contributed by atoms with Crippen LogP contribution >= 0.6 is 0 Å². The normalized spacial score (nSPS) is 18.1. The quantitative estimate of drug-likeness (QED) is 0.897. The number of rotatable bonds is 4. The molecule has 3 N–H and O–H groups in total. The predicted molar refractivity (Wildman–Crippen MR) is 79.3 cm³/mol. The van der Waals surface area contributed by atoms with E-state index >= 15 is 0 Å². The lowest BCUT2D eigenvalue weighted by Gasteiger charge is -2.18. The van der Waals surface area contributed by atoms with Gasteiger partial charge in [-0.05, 0) is 24.8 Å². The lowest BCUT2D eigenvalue weighted by Crippen LogP contribution is -2.15. The van der Waals surface area contributed by atoms with Crippen molar-refractivity contribution in [3.63, 3.8) is 0 Å². The molecular formula is C16H22N4. The zero-order chi connectivity index (χ0) is 13.8. The molecule has 4 nitrogen and oxygen atoms in total. The van der Waals surface area contributed by atoms with Gasteiger partial charge in [-0.15, -0.1) is 0 Å². The molecule has 0 radical (unpaired) electrons. The van der Waals surface area contributed by atoms with Crippen LogP contribution in [0.15, 0.2) is 30.3 Å². The third-order valence-electron chi connectivity index (χ3n) is 4.14. The predicted octanol–water partition coefficient (Wildman–Crippen LogP) is 3.09. The summed E-state index contributed by atoms with van der Waals surface area (Å²) in [7, 11) is 0. The molecule has 1 aliphatic rings. The number of nitrogens with zero attached hydrogens (tertiary/aromatic N) is 2. The lowest BCUT2D eigenvalue weighted by atomic mass is 9.89. The maximum absolute atomic E-state index is 6.22. The largest absolute Gasteiger partial charge is 0.321 e. The molecule has 4 heteroatoms. The maximum atomic E-state index is 6.22. The van der Waals surface area contributed by atoms with Crippen LogP contribution in [0.3, 0.4) is 0 Å². The van der Waals surface area contributed by atoms with E-state index in [1.807, 2.05) is 18.2 Å². The van der Waals surface area contributed by atoms with Gasteiger partial charge in [0, 0.05) is 5.92 Å². The van der Waals surface area contributed by atoms with E-state index in [9.17, 15) is 0 Å². The van der Waals surface area contributed by atoms with Crippen molar-refractivity contribution in [2.24, 2.45) is 5.73 Å². The Morgan fingerprint density at radius 2 is 1.90 bits per heavy atom. The molecule has 106 valence electrons. The van der Waals surface area contributed by atoms with E-state index in [2.05, 4.69) is 27.3 Å². The number of hydrogen-bond donors (Lipinski definition) is 2. The van der Waals surface area contributed by atoms with Crippen LogP contribution in [0.5, 0.6) is 0 Å². The smallest absolute Gasteiger partial charge is 0.167 e. The molecule has 3 rings (SSSR count). The maximum Gasteiger partial charge on any atom is 0.167 e. The highest BCUT2D eigenvalue weighted by molar-refractivity contribution is 5.17. The summed E-state index contributed by atoms with van der Waals surface area (Å²) in [6.45, 7) is 0. The second-order valence-electron chi connectivity index (χ2n) is 5.71. The summed E-state index contributed by atoms with van der Waals surface area (Å²) in [5.41, 5.74) is 7.45. The van der Waals surface area contributed by atoms with E-state index in [0.717, 1.165) is 18.1 Å².